The Morgan fingerprint density at radius 1 is 1.25 bits per heavy atom. The average molecular weight is 164 g/mol. The molecule has 0 aliphatic rings. The standard InChI is InChI=1S/C12H20/c1-5-7-8-9-12(6-2)10-11(3)4/h5,7-11H,6H2,1-4H3/b7-5-,9-8-,12-10?. The Balaban J connectivity index is 4.16. The first kappa shape index (κ1) is 11.2. The molecule has 0 atom stereocenters. The molecule has 0 aromatic heterocycles. The lowest BCUT2D eigenvalue weighted by molar-refractivity contribution is 0.819. The van der Waals surface area contributed by atoms with E-state index in [4.69, 9.17) is 0 Å². The Bertz CT molecular complexity index is 180. The summed E-state index contributed by atoms with van der Waals surface area (Å²) in [6, 6.07) is 0. The van der Waals surface area contributed by atoms with E-state index in [1.165, 1.54) is 5.57 Å². The van der Waals surface area contributed by atoms with Crippen molar-refractivity contribution >= 4 is 0 Å². The predicted octanol–water partition coefficient (Wildman–Crippen LogP) is 4.11. The van der Waals surface area contributed by atoms with Crippen molar-refractivity contribution in [3.63, 3.8) is 0 Å². The Hall–Kier alpha value is -0.780. The van der Waals surface area contributed by atoms with Crippen LogP contribution in [0.15, 0.2) is 36.0 Å². The quantitative estimate of drug-likeness (QED) is 0.548. The van der Waals surface area contributed by atoms with Crippen molar-refractivity contribution in [3.8, 4) is 0 Å². The number of hydrogen-bond acceptors (Lipinski definition) is 0. The van der Waals surface area contributed by atoms with Crippen LogP contribution in [-0.4, -0.2) is 0 Å². The van der Waals surface area contributed by atoms with Gasteiger partial charge in [-0.25, -0.2) is 0 Å². The van der Waals surface area contributed by atoms with E-state index in [1.807, 2.05) is 13.0 Å². The molecule has 0 aromatic carbocycles. The molecule has 0 rings (SSSR count). The summed E-state index contributed by atoms with van der Waals surface area (Å²) in [5, 5.41) is 0. The van der Waals surface area contributed by atoms with Crippen molar-refractivity contribution in [2.45, 2.75) is 34.1 Å². The summed E-state index contributed by atoms with van der Waals surface area (Å²) in [5.41, 5.74) is 1.42. The molecule has 0 unspecified atom stereocenters. The van der Waals surface area contributed by atoms with Gasteiger partial charge < -0.3 is 0 Å². The van der Waals surface area contributed by atoms with Crippen LogP contribution in [0.3, 0.4) is 0 Å². The van der Waals surface area contributed by atoms with Crippen molar-refractivity contribution in [2.75, 3.05) is 0 Å². The summed E-state index contributed by atoms with van der Waals surface area (Å²) >= 11 is 0. The van der Waals surface area contributed by atoms with E-state index >= 15 is 0 Å². The van der Waals surface area contributed by atoms with E-state index < -0.39 is 0 Å². The van der Waals surface area contributed by atoms with E-state index in [2.05, 4.69) is 45.1 Å². The summed E-state index contributed by atoms with van der Waals surface area (Å²) in [5.74, 6) is 0.648. The zero-order valence-electron chi connectivity index (χ0n) is 8.67. The van der Waals surface area contributed by atoms with E-state index in [9.17, 15) is 0 Å². The number of allylic oxidation sites excluding steroid dienone is 6. The fraction of sp³-hybridized carbons (Fsp3) is 0.500. The van der Waals surface area contributed by atoms with Crippen molar-refractivity contribution in [1.29, 1.82) is 0 Å². The highest BCUT2D eigenvalue weighted by Gasteiger charge is 1.89. The van der Waals surface area contributed by atoms with Crippen LogP contribution < -0.4 is 0 Å². The molecule has 0 heterocycles. The molecule has 0 radical (unpaired) electrons. The van der Waals surface area contributed by atoms with Gasteiger partial charge >= 0.3 is 0 Å². The molecule has 0 aromatic rings. The van der Waals surface area contributed by atoms with Gasteiger partial charge in [-0.2, -0.15) is 0 Å². The van der Waals surface area contributed by atoms with Gasteiger partial charge in [-0.05, 0) is 19.3 Å². The summed E-state index contributed by atoms with van der Waals surface area (Å²) in [7, 11) is 0. The van der Waals surface area contributed by atoms with Crippen LogP contribution >= 0.6 is 0 Å². The maximum Gasteiger partial charge on any atom is -0.0285 e. The minimum Gasteiger partial charge on any atom is -0.0877 e. The maximum absolute atomic E-state index is 2.31. The molecule has 0 saturated heterocycles. The SMILES string of the molecule is C/C=C\C=C/C(=CC(C)C)CC. The zero-order chi connectivity index (χ0) is 9.40. The maximum atomic E-state index is 2.31. The topological polar surface area (TPSA) is 0 Å². The molecule has 0 N–H and O–H groups in total. The molecule has 0 bridgehead atoms. The van der Waals surface area contributed by atoms with Gasteiger partial charge in [0, 0.05) is 0 Å². The second kappa shape index (κ2) is 6.90. The fourth-order valence-corrected chi connectivity index (χ4v) is 1.01. The molecular weight excluding hydrogens is 144 g/mol. The summed E-state index contributed by atoms with van der Waals surface area (Å²) in [4.78, 5) is 0. The zero-order valence-corrected chi connectivity index (χ0v) is 8.67. The molecule has 0 fully saturated rings. The van der Waals surface area contributed by atoms with Crippen molar-refractivity contribution in [3.05, 3.63) is 36.0 Å². The molecule has 0 aliphatic heterocycles. The number of hydrogen-bond donors (Lipinski definition) is 0. The third-order valence-electron chi connectivity index (χ3n) is 1.57. The molecule has 0 nitrogen and oxygen atoms in total. The van der Waals surface area contributed by atoms with Crippen LogP contribution in [0.2, 0.25) is 0 Å². The largest absolute Gasteiger partial charge is 0.0877 e. The Kier molecular flexibility index (Phi) is 6.45. The molecule has 12 heavy (non-hydrogen) atoms. The van der Waals surface area contributed by atoms with Crippen molar-refractivity contribution < 1.29 is 0 Å². The summed E-state index contributed by atoms with van der Waals surface area (Å²) in [6.45, 7) is 8.63. The van der Waals surface area contributed by atoms with Crippen LogP contribution in [0.1, 0.15) is 34.1 Å². The number of rotatable bonds is 4. The van der Waals surface area contributed by atoms with E-state index in [0.29, 0.717) is 5.92 Å². The molecule has 0 amide bonds. The molecule has 0 saturated carbocycles. The average Bonchev–Trinajstić information content (AvgIpc) is 2.02. The second-order valence-corrected chi connectivity index (χ2v) is 3.22. The molecule has 0 spiro atoms. The molecule has 0 heteroatoms. The normalized spacial score (nSPS) is 13.9. The minimum atomic E-state index is 0.648. The highest BCUT2D eigenvalue weighted by Crippen LogP contribution is 2.07. The Morgan fingerprint density at radius 3 is 2.33 bits per heavy atom. The second-order valence-electron chi connectivity index (χ2n) is 3.22. The lowest BCUT2D eigenvalue weighted by Crippen LogP contribution is -1.82. The van der Waals surface area contributed by atoms with Crippen LogP contribution in [0, 0.1) is 5.92 Å². The van der Waals surface area contributed by atoms with Crippen LogP contribution in [-0.2, 0) is 0 Å². The van der Waals surface area contributed by atoms with Gasteiger partial charge in [0.05, 0.1) is 0 Å². The van der Waals surface area contributed by atoms with Crippen molar-refractivity contribution in [1.82, 2.24) is 0 Å². The highest BCUT2D eigenvalue weighted by molar-refractivity contribution is 5.22. The van der Waals surface area contributed by atoms with Gasteiger partial charge in [-0.3, -0.25) is 0 Å². The monoisotopic (exact) mass is 164 g/mol. The first-order chi connectivity index (χ1) is 5.70. The van der Waals surface area contributed by atoms with E-state index in [1.54, 1.807) is 0 Å². The third-order valence-corrected chi connectivity index (χ3v) is 1.57. The van der Waals surface area contributed by atoms with Crippen molar-refractivity contribution in [2.24, 2.45) is 5.92 Å². The van der Waals surface area contributed by atoms with Crippen LogP contribution in [0.25, 0.3) is 0 Å². The summed E-state index contributed by atoms with van der Waals surface area (Å²) < 4.78 is 0. The first-order valence-electron chi connectivity index (χ1n) is 4.70. The first-order valence-corrected chi connectivity index (χ1v) is 4.70. The lowest BCUT2D eigenvalue weighted by atomic mass is 10.1. The summed E-state index contributed by atoms with van der Waals surface area (Å²) in [6.07, 6.45) is 11.8. The molecule has 0 aliphatic carbocycles. The Morgan fingerprint density at radius 2 is 1.92 bits per heavy atom. The van der Waals surface area contributed by atoms with Gasteiger partial charge in [0.15, 0.2) is 0 Å². The predicted molar refractivity (Wildman–Crippen MR) is 57.2 cm³/mol. The van der Waals surface area contributed by atoms with Gasteiger partial charge in [0.25, 0.3) is 0 Å². The highest BCUT2D eigenvalue weighted by atomic mass is 14.0. The fourth-order valence-electron chi connectivity index (χ4n) is 1.01. The van der Waals surface area contributed by atoms with Gasteiger partial charge in [0.1, 0.15) is 0 Å². The molecular formula is C12H20. The van der Waals surface area contributed by atoms with E-state index in [-0.39, 0.29) is 0 Å². The Labute approximate surface area is 76.7 Å². The lowest BCUT2D eigenvalue weighted by Gasteiger charge is -1.99. The van der Waals surface area contributed by atoms with Gasteiger partial charge in [-0.15, -0.1) is 0 Å². The van der Waals surface area contributed by atoms with Gasteiger partial charge in [-0.1, -0.05) is 56.7 Å². The van der Waals surface area contributed by atoms with Crippen LogP contribution in [0.4, 0.5) is 0 Å². The van der Waals surface area contributed by atoms with Crippen LogP contribution in [0.5, 0.6) is 0 Å². The molecule has 68 valence electrons. The minimum absolute atomic E-state index is 0.648. The third kappa shape index (κ3) is 5.96. The van der Waals surface area contributed by atoms with E-state index in [0.717, 1.165) is 6.42 Å². The smallest absolute Gasteiger partial charge is 0.0285 e. The van der Waals surface area contributed by atoms with Gasteiger partial charge in [0.2, 0.25) is 0 Å².